The Morgan fingerprint density at radius 2 is 1.77 bits per heavy atom. The molecule has 0 saturated carbocycles. The number of hydrogen-bond donors (Lipinski definition) is 1. The van der Waals surface area contributed by atoms with Gasteiger partial charge in [-0.3, -0.25) is 14.9 Å². The zero-order valence-corrected chi connectivity index (χ0v) is 12.8. The van der Waals surface area contributed by atoms with E-state index >= 15 is 0 Å². The molecule has 0 bridgehead atoms. The van der Waals surface area contributed by atoms with Crippen LogP contribution in [-0.4, -0.2) is 23.6 Å². The summed E-state index contributed by atoms with van der Waals surface area (Å²) < 4.78 is 9.75. The van der Waals surface area contributed by atoms with Gasteiger partial charge in [-0.15, -0.1) is 0 Å². The number of amides is 1. The number of carbonyl (C=O) groups is 3. The van der Waals surface area contributed by atoms with Crippen LogP contribution in [0.1, 0.15) is 45.1 Å². The first-order chi connectivity index (χ1) is 10.2. The van der Waals surface area contributed by atoms with E-state index in [4.69, 9.17) is 4.74 Å². The van der Waals surface area contributed by atoms with E-state index in [1.165, 1.54) is 0 Å². The van der Waals surface area contributed by atoms with Crippen LogP contribution in [0.3, 0.4) is 0 Å². The van der Waals surface area contributed by atoms with Crippen molar-refractivity contribution >= 4 is 23.7 Å². The van der Waals surface area contributed by atoms with Crippen LogP contribution in [0.15, 0.2) is 24.3 Å². The number of ether oxygens (including phenoxy) is 2. The maximum atomic E-state index is 11.9. The lowest BCUT2D eigenvalue weighted by Gasteiger charge is -2.24. The highest BCUT2D eigenvalue weighted by Crippen LogP contribution is 2.33. The summed E-state index contributed by atoms with van der Waals surface area (Å²) in [5.41, 5.74) is 0.645. The summed E-state index contributed by atoms with van der Waals surface area (Å²) in [7, 11) is 0. The van der Waals surface area contributed by atoms with Crippen LogP contribution in [0.2, 0.25) is 0 Å². The Hall–Kier alpha value is -2.37. The van der Waals surface area contributed by atoms with Crippen LogP contribution in [0.25, 0.3) is 0 Å². The largest absolute Gasteiger partial charge is 0.444 e. The second-order valence-corrected chi connectivity index (χ2v) is 6.17. The molecule has 0 aliphatic carbocycles. The SMILES string of the molecule is CC(C)(C)OC(=O)Nc1ccccc1C1CC(=O)OC(=O)C1. The fourth-order valence-electron chi connectivity index (χ4n) is 2.29. The molecule has 6 nitrogen and oxygen atoms in total. The first-order valence-electron chi connectivity index (χ1n) is 7.07. The standard InChI is InChI=1S/C16H19NO5/c1-16(2,3)22-15(20)17-12-7-5-4-6-11(12)10-8-13(18)21-14(19)9-10/h4-7,10H,8-9H2,1-3H3,(H,17,20). The molecule has 1 aliphatic rings. The molecule has 0 atom stereocenters. The highest BCUT2D eigenvalue weighted by Gasteiger charge is 2.30. The molecule has 0 radical (unpaired) electrons. The molecule has 2 rings (SSSR count). The van der Waals surface area contributed by atoms with Crippen LogP contribution in [0.4, 0.5) is 10.5 Å². The molecule has 1 amide bonds. The van der Waals surface area contributed by atoms with Crippen molar-refractivity contribution in [1.29, 1.82) is 0 Å². The molecule has 0 unspecified atom stereocenters. The van der Waals surface area contributed by atoms with Gasteiger partial charge in [-0.25, -0.2) is 4.79 Å². The lowest BCUT2D eigenvalue weighted by molar-refractivity contribution is -0.163. The minimum atomic E-state index is -0.608. The predicted molar refractivity (Wildman–Crippen MR) is 79.4 cm³/mol. The molecule has 22 heavy (non-hydrogen) atoms. The fraction of sp³-hybridized carbons (Fsp3) is 0.438. The fourth-order valence-corrected chi connectivity index (χ4v) is 2.29. The average molecular weight is 305 g/mol. The van der Waals surface area contributed by atoms with Gasteiger partial charge in [-0.2, -0.15) is 0 Å². The van der Waals surface area contributed by atoms with Gasteiger partial charge in [0.05, 0.1) is 12.8 Å². The lowest BCUT2D eigenvalue weighted by atomic mass is 9.90. The molecule has 118 valence electrons. The third-order valence-electron chi connectivity index (χ3n) is 3.09. The first-order valence-corrected chi connectivity index (χ1v) is 7.07. The minimum absolute atomic E-state index is 0.110. The maximum absolute atomic E-state index is 11.9. The van der Waals surface area contributed by atoms with Crippen molar-refractivity contribution in [3.63, 3.8) is 0 Å². The summed E-state index contributed by atoms with van der Waals surface area (Å²) in [6, 6.07) is 7.05. The number of carbonyl (C=O) groups excluding carboxylic acids is 3. The molecule has 0 spiro atoms. The van der Waals surface area contributed by atoms with Gasteiger partial charge in [0, 0.05) is 11.6 Å². The third-order valence-corrected chi connectivity index (χ3v) is 3.09. The Labute approximate surface area is 128 Å². The van der Waals surface area contributed by atoms with Gasteiger partial charge in [-0.05, 0) is 32.4 Å². The van der Waals surface area contributed by atoms with Gasteiger partial charge >= 0.3 is 18.0 Å². The maximum Gasteiger partial charge on any atom is 0.412 e. The van der Waals surface area contributed by atoms with Crippen LogP contribution in [0.5, 0.6) is 0 Å². The number of rotatable bonds is 2. The van der Waals surface area contributed by atoms with Gasteiger partial charge in [0.25, 0.3) is 0 Å². The normalized spacial score (nSPS) is 16.1. The van der Waals surface area contributed by atoms with E-state index in [0.29, 0.717) is 5.69 Å². The number of benzene rings is 1. The molecule has 1 aromatic carbocycles. The number of nitrogens with one attached hydrogen (secondary N) is 1. The van der Waals surface area contributed by atoms with Gasteiger partial charge in [0.1, 0.15) is 5.60 Å². The minimum Gasteiger partial charge on any atom is -0.444 e. The average Bonchev–Trinajstić information content (AvgIpc) is 2.35. The molecule has 1 N–H and O–H groups in total. The highest BCUT2D eigenvalue weighted by atomic mass is 16.6. The number of anilines is 1. The highest BCUT2D eigenvalue weighted by molar-refractivity contribution is 5.91. The molecule has 1 fully saturated rings. The second-order valence-electron chi connectivity index (χ2n) is 6.17. The number of cyclic esters (lactones) is 2. The van der Waals surface area contributed by atoms with Crippen LogP contribution >= 0.6 is 0 Å². The van der Waals surface area contributed by atoms with Gasteiger partial charge < -0.3 is 9.47 Å². The number of hydrogen-bond acceptors (Lipinski definition) is 5. The molecule has 6 heteroatoms. The smallest absolute Gasteiger partial charge is 0.412 e. The van der Waals surface area contributed by atoms with E-state index in [9.17, 15) is 14.4 Å². The van der Waals surface area contributed by atoms with E-state index in [0.717, 1.165) is 5.56 Å². The van der Waals surface area contributed by atoms with E-state index in [1.54, 1.807) is 45.0 Å². The monoisotopic (exact) mass is 305 g/mol. The molecule has 1 heterocycles. The Bertz CT molecular complexity index is 587. The molecule has 1 aromatic rings. The van der Waals surface area contributed by atoms with Crippen molar-refractivity contribution in [1.82, 2.24) is 0 Å². The van der Waals surface area contributed by atoms with Crippen molar-refractivity contribution in [2.24, 2.45) is 0 Å². The van der Waals surface area contributed by atoms with Crippen molar-refractivity contribution in [3.05, 3.63) is 29.8 Å². The summed E-state index contributed by atoms with van der Waals surface area (Å²) >= 11 is 0. The van der Waals surface area contributed by atoms with Crippen LogP contribution < -0.4 is 5.32 Å². The zero-order chi connectivity index (χ0) is 16.3. The number of esters is 2. The molecule has 1 saturated heterocycles. The molecule has 1 aliphatic heterocycles. The molecular formula is C16H19NO5. The van der Waals surface area contributed by atoms with E-state index in [-0.39, 0.29) is 18.8 Å². The van der Waals surface area contributed by atoms with Crippen molar-refractivity contribution in [2.45, 2.75) is 45.1 Å². The summed E-state index contributed by atoms with van der Waals surface area (Å²) in [6.45, 7) is 5.32. The summed E-state index contributed by atoms with van der Waals surface area (Å²) in [6.07, 6.45) is -0.359. The molecule has 0 aromatic heterocycles. The summed E-state index contributed by atoms with van der Waals surface area (Å²) in [4.78, 5) is 34.7. The van der Waals surface area contributed by atoms with Crippen LogP contribution in [0, 0.1) is 0 Å². The molecular weight excluding hydrogens is 286 g/mol. The second kappa shape index (κ2) is 6.17. The zero-order valence-electron chi connectivity index (χ0n) is 12.8. The van der Waals surface area contributed by atoms with Gasteiger partial charge in [0.15, 0.2) is 0 Å². The summed E-state index contributed by atoms with van der Waals surface area (Å²) in [5.74, 6) is -1.40. The summed E-state index contributed by atoms with van der Waals surface area (Å²) in [5, 5.41) is 2.67. The van der Waals surface area contributed by atoms with E-state index in [2.05, 4.69) is 10.1 Å². The van der Waals surface area contributed by atoms with E-state index in [1.807, 2.05) is 0 Å². The Balaban J connectivity index is 2.18. The first kappa shape index (κ1) is 16.0. The van der Waals surface area contributed by atoms with Crippen molar-refractivity contribution in [2.75, 3.05) is 5.32 Å². The topological polar surface area (TPSA) is 81.7 Å². The lowest BCUT2D eigenvalue weighted by Crippen LogP contribution is -2.28. The van der Waals surface area contributed by atoms with Crippen LogP contribution in [-0.2, 0) is 19.1 Å². The third kappa shape index (κ3) is 4.31. The Kier molecular flexibility index (Phi) is 4.49. The van der Waals surface area contributed by atoms with Gasteiger partial charge in [0.2, 0.25) is 0 Å². The quantitative estimate of drug-likeness (QED) is 0.671. The Morgan fingerprint density at radius 1 is 1.18 bits per heavy atom. The van der Waals surface area contributed by atoms with Crippen molar-refractivity contribution < 1.29 is 23.9 Å². The van der Waals surface area contributed by atoms with Gasteiger partial charge in [-0.1, -0.05) is 18.2 Å². The number of para-hydroxylation sites is 1. The Morgan fingerprint density at radius 3 is 2.36 bits per heavy atom. The van der Waals surface area contributed by atoms with Crippen molar-refractivity contribution in [3.8, 4) is 0 Å². The van der Waals surface area contributed by atoms with E-state index < -0.39 is 23.6 Å². The predicted octanol–water partition coefficient (Wildman–Crippen LogP) is 2.98.